The van der Waals surface area contributed by atoms with Crippen LogP contribution in [0.25, 0.3) is 11.3 Å². The molecule has 2 N–H and O–H groups in total. The molecule has 0 fully saturated rings. The summed E-state index contributed by atoms with van der Waals surface area (Å²) in [4.78, 5) is 12.1. The van der Waals surface area contributed by atoms with E-state index in [0.29, 0.717) is 5.69 Å². The van der Waals surface area contributed by atoms with Crippen molar-refractivity contribution in [1.29, 1.82) is 0 Å². The smallest absolute Gasteiger partial charge is 0.272 e. The molecule has 3 rings (SSSR count). The van der Waals surface area contributed by atoms with Gasteiger partial charge in [-0.2, -0.15) is 10.2 Å². The molecule has 126 valence electrons. The molecule has 0 atom stereocenters. The van der Waals surface area contributed by atoms with Crippen molar-refractivity contribution in [2.75, 3.05) is 0 Å². The van der Waals surface area contributed by atoms with E-state index in [0.717, 1.165) is 16.3 Å². The molecule has 0 aliphatic carbocycles. The molecule has 0 unspecified atom stereocenters. The Kier molecular flexibility index (Phi) is 5.25. The highest BCUT2D eigenvalue weighted by molar-refractivity contribution is 9.10. The van der Waals surface area contributed by atoms with Crippen LogP contribution in [0, 0.1) is 5.82 Å². The summed E-state index contributed by atoms with van der Waals surface area (Å²) in [6, 6.07) is 13.4. The summed E-state index contributed by atoms with van der Waals surface area (Å²) in [5.74, 6) is -1.02. The summed E-state index contributed by atoms with van der Waals surface area (Å²) in [5.41, 5.74) is 4.12. The summed E-state index contributed by atoms with van der Waals surface area (Å²) in [6.07, 6.45) is 1.15. The molecule has 0 saturated heterocycles. The van der Waals surface area contributed by atoms with Crippen molar-refractivity contribution in [3.8, 4) is 11.3 Å². The van der Waals surface area contributed by atoms with Gasteiger partial charge in [0.25, 0.3) is 5.91 Å². The molecule has 2 aromatic carbocycles. The van der Waals surface area contributed by atoms with E-state index in [1.54, 1.807) is 6.07 Å². The fraction of sp³-hybridized carbons (Fsp3) is 0. The van der Waals surface area contributed by atoms with Crippen molar-refractivity contribution in [2.45, 2.75) is 0 Å². The summed E-state index contributed by atoms with van der Waals surface area (Å²) in [7, 11) is 0. The van der Waals surface area contributed by atoms with Gasteiger partial charge in [0.15, 0.2) is 0 Å². The fourth-order valence-electron chi connectivity index (χ4n) is 2.06. The molecule has 1 amide bonds. The zero-order valence-electron chi connectivity index (χ0n) is 12.6. The molecule has 1 aromatic heterocycles. The quantitative estimate of drug-likeness (QED) is 0.484. The second kappa shape index (κ2) is 7.58. The van der Waals surface area contributed by atoms with Crippen LogP contribution in [-0.2, 0) is 0 Å². The first-order valence-electron chi connectivity index (χ1n) is 7.13. The molecule has 3 aromatic rings. The first-order valence-corrected chi connectivity index (χ1v) is 8.30. The maximum atomic E-state index is 13.6. The van der Waals surface area contributed by atoms with Gasteiger partial charge in [-0.05, 0) is 30.3 Å². The van der Waals surface area contributed by atoms with Gasteiger partial charge >= 0.3 is 0 Å². The highest BCUT2D eigenvalue weighted by atomic mass is 79.9. The number of aromatic nitrogens is 2. The van der Waals surface area contributed by atoms with Crippen LogP contribution in [-0.4, -0.2) is 22.3 Å². The third-order valence-corrected chi connectivity index (χ3v) is 4.18. The third kappa shape index (κ3) is 4.12. The predicted octanol–water partition coefficient (Wildman–Crippen LogP) is 4.40. The van der Waals surface area contributed by atoms with Gasteiger partial charge in [0.1, 0.15) is 11.5 Å². The lowest BCUT2D eigenvalue weighted by atomic mass is 10.1. The number of carbonyl (C=O) groups excluding carboxylic acids is 1. The van der Waals surface area contributed by atoms with Gasteiger partial charge in [-0.3, -0.25) is 9.89 Å². The van der Waals surface area contributed by atoms with Crippen molar-refractivity contribution < 1.29 is 9.18 Å². The van der Waals surface area contributed by atoms with Crippen LogP contribution in [0.3, 0.4) is 0 Å². The molecular formula is C17H11BrClFN4O. The van der Waals surface area contributed by atoms with E-state index in [9.17, 15) is 9.18 Å². The Bertz CT molecular complexity index is 920. The number of hydrazone groups is 1. The number of nitrogens with zero attached hydrogens (tertiary/aromatic N) is 2. The Balaban J connectivity index is 1.70. The first-order chi connectivity index (χ1) is 12.0. The van der Waals surface area contributed by atoms with Gasteiger partial charge < -0.3 is 0 Å². The number of aromatic amines is 1. The lowest BCUT2D eigenvalue weighted by molar-refractivity contribution is 0.0950. The second-order valence-electron chi connectivity index (χ2n) is 5.01. The molecule has 1 heterocycles. The van der Waals surface area contributed by atoms with Crippen LogP contribution < -0.4 is 5.43 Å². The normalized spacial score (nSPS) is 11.0. The molecule has 0 aliphatic rings. The molecule has 0 saturated carbocycles. The van der Waals surface area contributed by atoms with Crippen LogP contribution in [0.2, 0.25) is 5.02 Å². The summed E-state index contributed by atoms with van der Waals surface area (Å²) < 4.78 is 14.6. The molecular weight excluding hydrogens is 411 g/mol. The number of H-pyrrole nitrogens is 1. The SMILES string of the molecule is O=C(N/N=C\c1c(F)cccc1Cl)c1cc(-c2ccc(Br)cc2)n[nH]1. The Labute approximate surface area is 156 Å². The van der Waals surface area contributed by atoms with E-state index < -0.39 is 11.7 Å². The summed E-state index contributed by atoms with van der Waals surface area (Å²) in [5, 5.41) is 10.7. The largest absolute Gasteiger partial charge is 0.289 e. The zero-order chi connectivity index (χ0) is 17.8. The average molecular weight is 422 g/mol. The zero-order valence-corrected chi connectivity index (χ0v) is 15.0. The number of rotatable bonds is 4. The maximum Gasteiger partial charge on any atom is 0.289 e. The van der Waals surface area contributed by atoms with E-state index in [4.69, 9.17) is 11.6 Å². The number of carbonyl (C=O) groups is 1. The third-order valence-electron chi connectivity index (χ3n) is 3.32. The molecule has 0 aliphatic heterocycles. The topological polar surface area (TPSA) is 70.1 Å². The van der Waals surface area contributed by atoms with E-state index in [2.05, 4.69) is 36.7 Å². The predicted molar refractivity (Wildman–Crippen MR) is 98.2 cm³/mol. The molecule has 5 nitrogen and oxygen atoms in total. The van der Waals surface area contributed by atoms with Crippen LogP contribution in [0.15, 0.2) is 58.1 Å². The second-order valence-corrected chi connectivity index (χ2v) is 6.33. The summed E-state index contributed by atoms with van der Waals surface area (Å²) >= 11 is 9.24. The maximum absolute atomic E-state index is 13.6. The number of hydrogen-bond acceptors (Lipinski definition) is 3. The van der Waals surface area contributed by atoms with Gasteiger partial charge in [0, 0.05) is 15.6 Å². The Hall–Kier alpha value is -2.51. The molecule has 8 heteroatoms. The van der Waals surface area contributed by atoms with E-state index in [1.807, 2.05) is 24.3 Å². The Morgan fingerprint density at radius 2 is 2.04 bits per heavy atom. The minimum absolute atomic E-state index is 0.102. The fourth-order valence-corrected chi connectivity index (χ4v) is 2.53. The lowest BCUT2D eigenvalue weighted by Crippen LogP contribution is -2.18. The van der Waals surface area contributed by atoms with Gasteiger partial charge in [0.2, 0.25) is 0 Å². The number of nitrogens with one attached hydrogen (secondary N) is 2. The van der Waals surface area contributed by atoms with Crippen LogP contribution in [0.1, 0.15) is 16.1 Å². The van der Waals surface area contributed by atoms with Gasteiger partial charge in [0.05, 0.1) is 16.9 Å². The van der Waals surface area contributed by atoms with Gasteiger partial charge in [-0.1, -0.05) is 45.7 Å². The van der Waals surface area contributed by atoms with Crippen molar-refractivity contribution in [3.63, 3.8) is 0 Å². The van der Waals surface area contributed by atoms with Crippen molar-refractivity contribution in [2.24, 2.45) is 5.10 Å². The minimum Gasteiger partial charge on any atom is -0.272 e. The summed E-state index contributed by atoms with van der Waals surface area (Å²) in [6.45, 7) is 0. The van der Waals surface area contributed by atoms with Crippen LogP contribution in [0.5, 0.6) is 0 Å². The van der Waals surface area contributed by atoms with Crippen LogP contribution in [0.4, 0.5) is 4.39 Å². The number of hydrogen-bond donors (Lipinski definition) is 2. The number of halogens is 3. The van der Waals surface area contributed by atoms with Crippen molar-refractivity contribution in [1.82, 2.24) is 15.6 Å². The lowest BCUT2D eigenvalue weighted by Gasteiger charge is -1.99. The molecule has 0 spiro atoms. The average Bonchev–Trinajstić information content (AvgIpc) is 3.08. The van der Waals surface area contributed by atoms with E-state index >= 15 is 0 Å². The van der Waals surface area contributed by atoms with Crippen molar-refractivity contribution >= 4 is 39.7 Å². The van der Waals surface area contributed by atoms with E-state index in [-0.39, 0.29) is 16.3 Å². The van der Waals surface area contributed by atoms with Crippen LogP contribution >= 0.6 is 27.5 Å². The van der Waals surface area contributed by atoms with Gasteiger partial charge in [-0.15, -0.1) is 0 Å². The monoisotopic (exact) mass is 420 g/mol. The Morgan fingerprint density at radius 1 is 1.28 bits per heavy atom. The number of benzene rings is 2. The van der Waals surface area contributed by atoms with E-state index in [1.165, 1.54) is 18.2 Å². The van der Waals surface area contributed by atoms with Gasteiger partial charge in [-0.25, -0.2) is 9.82 Å². The standard InChI is InChI=1S/C17H11BrClFN4O/c18-11-6-4-10(5-7-11)15-8-16(23-22-15)17(25)24-21-9-12-13(19)2-1-3-14(12)20/h1-9H,(H,22,23)(H,24,25)/b21-9-. The Morgan fingerprint density at radius 3 is 2.76 bits per heavy atom. The highest BCUT2D eigenvalue weighted by Crippen LogP contribution is 2.20. The first kappa shape index (κ1) is 17.3. The molecule has 0 radical (unpaired) electrons. The number of amides is 1. The van der Waals surface area contributed by atoms with Crippen molar-refractivity contribution in [3.05, 3.63) is 75.1 Å². The molecule has 25 heavy (non-hydrogen) atoms. The molecule has 0 bridgehead atoms. The highest BCUT2D eigenvalue weighted by Gasteiger charge is 2.10. The minimum atomic E-state index is -0.524.